The smallest absolute Gasteiger partial charge is 0.230 e. The highest BCUT2D eigenvalue weighted by Gasteiger charge is 2.23. The van der Waals surface area contributed by atoms with Gasteiger partial charge in [-0.25, -0.2) is 0 Å². The molecule has 0 bridgehead atoms. The van der Waals surface area contributed by atoms with Crippen LogP contribution in [0.2, 0.25) is 0 Å². The van der Waals surface area contributed by atoms with Gasteiger partial charge in [-0.05, 0) is 36.1 Å². The first-order valence-corrected chi connectivity index (χ1v) is 12.2. The Morgan fingerprint density at radius 2 is 1.55 bits per heavy atom. The Morgan fingerprint density at radius 1 is 0.939 bits per heavy atom. The van der Waals surface area contributed by atoms with Crippen LogP contribution in [0.25, 0.3) is 5.69 Å². The summed E-state index contributed by atoms with van der Waals surface area (Å²) in [6.07, 6.45) is 2.62. The van der Waals surface area contributed by atoms with Crippen LogP contribution in [0.4, 0.5) is 0 Å². The second kappa shape index (κ2) is 11.0. The third-order valence-electron chi connectivity index (χ3n) is 5.69. The van der Waals surface area contributed by atoms with Gasteiger partial charge in [0.1, 0.15) is 6.33 Å². The zero-order chi connectivity index (χ0) is 23.0. The first-order chi connectivity index (χ1) is 16.2. The Morgan fingerprint density at radius 3 is 2.18 bits per heavy atom. The molecule has 0 aliphatic rings. The molecule has 0 spiro atoms. The van der Waals surface area contributed by atoms with Gasteiger partial charge in [-0.1, -0.05) is 97.5 Å². The summed E-state index contributed by atoms with van der Waals surface area (Å²) in [4.78, 5) is 12.9. The second-order valence-electron chi connectivity index (χ2n) is 7.91. The quantitative estimate of drug-likeness (QED) is 0.349. The summed E-state index contributed by atoms with van der Waals surface area (Å²) in [5.74, 6) is 0.317. The Bertz CT molecular complexity index is 1140. The zero-order valence-electron chi connectivity index (χ0n) is 18.9. The van der Waals surface area contributed by atoms with Crippen LogP contribution in [-0.4, -0.2) is 32.5 Å². The summed E-state index contributed by atoms with van der Waals surface area (Å²) >= 11 is 1.40. The van der Waals surface area contributed by atoms with Gasteiger partial charge >= 0.3 is 0 Å². The summed E-state index contributed by atoms with van der Waals surface area (Å²) < 4.78 is 1.96. The average molecular weight is 457 g/mol. The molecule has 5 nitrogen and oxygen atoms in total. The van der Waals surface area contributed by atoms with Gasteiger partial charge in [0.2, 0.25) is 5.91 Å². The Kier molecular flexibility index (Phi) is 7.58. The lowest BCUT2D eigenvalue weighted by atomic mass is 9.86. The number of carbonyl (C=O) groups excluding carboxylic acids is 1. The van der Waals surface area contributed by atoms with Gasteiger partial charge in [0.05, 0.1) is 11.4 Å². The maximum atomic E-state index is 12.9. The van der Waals surface area contributed by atoms with Crippen molar-refractivity contribution in [2.75, 3.05) is 5.75 Å². The minimum Gasteiger partial charge on any atom is -0.352 e. The van der Waals surface area contributed by atoms with E-state index < -0.39 is 0 Å². The van der Waals surface area contributed by atoms with Gasteiger partial charge in [-0.15, -0.1) is 10.2 Å². The monoisotopic (exact) mass is 456 g/mol. The molecule has 33 heavy (non-hydrogen) atoms. The predicted octanol–water partition coefficient (Wildman–Crippen LogP) is 5.26. The molecule has 1 atom stereocenters. The standard InChI is InChI=1S/C27H28N4OS/c1-3-21-12-10-11-17-24(21)31-19-28-30-27(31)33-18-25(32)29-20(2)26(22-13-6-4-7-14-22)23-15-8-5-9-16-23/h4-17,19-20,26H,3,18H2,1-2H3,(H,29,32). The highest BCUT2D eigenvalue weighted by Crippen LogP contribution is 2.28. The number of nitrogens with zero attached hydrogens (tertiary/aromatic N) is 3. The van der Waals surface area contributed by atoms with E-state index in [0.717, 1.165) is 12.1 Å². The Labute approximate surface area is 199 Å². The minimum atomic E-state index is -0.0680. The second-order valence-corrected chi connectivity index (χ2v) is 8.85. The SMILES string of the molecule is CCc1ccccc1-n1cnnc1SCC(=O)NC(C)C(c1ccccc1)c1ccccc1. The summed E-state index contributed by atoms with van der Waals surface area (Å²) in [6.45, 7) is 4.19. The van der Waals surface area contributed by atoms with Crippen molar-refractivity contribution in [3.05, 3.63) is 108 Å². The van der Waals surface area contributed by atoms with Crippen LogP contribution in [0.1, 0.15) is 36.5 Å². The van der Waals surface area contributed by atoms with E-state index in [1.54, 1.807) is 6.33 Å². The van der Waals surface area contributed by atoms with Gasteiger partial charge in [0.15, 0.2) is 5.16 Å². The average Bonchev–Trinajstić information content (AvgIpc) is 3.33. The first-order valence-electron chi connectivity index (χ1n) is 11.2. The fourth-order valence-electron chi connectivity index (χ4n) is 4.13. The van der Waals surface area contributed by atoms with E-state index in [2.05, 4.69) is 65.8 Å². The lowest BCUT2D eigenvalue weighted by molar-refractivity contribution is -0.119. The fourth-order valence-corrected chi connectivity index (χ4v) is 4.87. The molecular weight excluding hydrogens is 428 g/mol. The van der Waals surface area contributed by atoms with Crippen molar-refractivity contribution in [3.63, 3.8) is 0 Å². The number of carbonyl (C=O) groups is 1. The Balaban J connectivity index is 1.45. The molecule has 0 saturated carbocycles. The van der Waals surface area contributed by atoms with Crippen LogP contribution in [0.15, 0.2) is 96.4 Å². The number of amides is 1. The van der Waals surface area contributed by atoms with E-state index in [9.17, 15) is 4.79 Å². The molecule has 1 heterocycles. The van der Waals surface area contributed by atoms with E-state index in [0.29, 0.717) is 5.16 Å². The molecule has 1 amide bonds. The van der Waals surface area contributed by atoms with Crippen molar-refractivity contribution in [1.29, 1.82) is 0 Å². The van der Waals surface area contributed by atoms with Crippen molar-refractivity contribution in [2.45, 2.75) is 37.4 Å². The molecule has 1 unspecified atom stereocenters. The molecule has 0 aliphatic heterocycles. The van der Waals surface area contributed by atoms with Gasteiger partial charge in [-0.3, -0.25) is 9.36 Å². The molecule has 0 saturated heterocycles. The topological polar surface area (TPSA) is 59.8 Å². The number of para-hydroxylation sites is 1. The third kappa shape index (κ3) is 5.52. The highest BCUT2D eigenvalue weighted by molar-refractivity contribution is 7.99. The molecule has 4 aromatic rings. The normalized spacial score (nSPS) is 12.0. The van der Waals surface area contributed by atoms with Gasteiger partial charge in [0.25, 0.3) is 0 Å². The number of nitrogens with one attached hydrogen (secondary N) is 1. The van der Waals surface area contributed by atoms with Crippen LogP contribution in [0.3, 0.4) is 0 Å². The van der Waals surface area contributed by atoms with Crippen molar-refractivity contribution < 1.29 is 4.79 Å². The van der Waals surface area contributed by atoms with Gasteiger partial charge < -0.3 is 5.32 Å². The maximum absolute atomic E-state index is 12.9. The van der Waals surface area contributed by atoms with Gasteiger partial charge in [0, 0.05) is 12.0 Å². The van der Waals surface area contributed by atoms with Crippen LogP contribution < -0.4 is 5.32 Å². The van der Waals surface area contributed by atoms with Crippen LogP contribution >= 0.6 is 11.8 Å². The number of thioether (sulfide) groups is 1. The first kappa shape index (κ1) is 22.8. The summed E-state index contributed by atoms with van der Waals surface area (Å²) in [6, 6.07) is 28.8. The van der Waals surface area contributed by atoms with E-state index in [1.807, 2.05) is 53.1 Å². The maximum Gasteiger partial charge on any atom is 0.230 e. The molecule has 0 fully saturated rings. The van der Waals surface area contributed by atoms with Crippen molar-refractivity contribution in [1.82, 2.24) is 20.1 Å². The van der Waals surface area contributed by atoms with Crippen LogP contribution in [-0.2, 0) is 11.2 Å². The van der Waals surface area contributed by atoms with Crippen molar-refractivity contribution >= 4 is 17.7 Å². The van der Waals surface area contributed by atoms with E-state index in [-0.39, 0.29) is 23.6 Å². The molecule has 1 N–H and O–H groups in total. The fraction of sp³-hybridized carbons (Fsp3) is 0.222. The van der Waals surface area contributed by atoms with Gasteiger partial charge in [-0.2, -0.15) is 0 Å². The zero-order valence-corrected chi connectivity index (χ0v) is 19.7. The van der Waals surface area contributed by atoms with Crippen molar-refractivity contribution in [3.8, 4) is 5.69 Å². The van der Waals surface area contributed by atoms with Crippen LogP contribution in [0.5, 0.6) is 0 Å². The number of hydrogen-bond acceptors (Lipinski definition) is 4. The molecule has 3 aromatic carbocycles. The molecule has 6 heteroatoms. The van der Waals surface area contributed by atoms with E-state index in [1.165, 1.54) is 28.5 Å². The molecule has 168 valence electrons. The summed E-state index contributed by atoms with van der Waals surface area (Å²) in [7, 11) is 0. The van der Waals surface area contributed by atoms with Crippen LogP contribution in [0, 0.1) is 0 Å². The highest BCUT2D eigenvalue weighted by atomic mass is 32.2. The third-order valence-corrected chi connectivity index (χ3v) is 6.63. The number of hydrogen-bond donors (Lipinski definition) is 1. The predicted molar refractivity (Wildman–Crippen MR) is 134 cm³/mol. The molecular formula is C27H28N4OS. The molecule has 1 aromatic heterocycles. The largest absolute Gasteiger partial charge is 0.352 e. The van der Waals surface area contributed by atoms with Crippen molar-refractivity contribution in [2.24, 2.45) is 0 Å². The molecule has 4 rings (SSSR count). The number of aromatic nitrogens is 3. The lowest BCUT2D eigenvalue weighted by Gasteiger charge is -2.26. The minimum absolute atomic E-state index is 0.0253. The molecule has 0 aliphatic carbocycles. The summed E-state index contributed by atoms with van der Waals surface area (Å²) in [5.41, 5.74) is 4.63. The number of benzene rings is 3. The summed E-state index contributed by atoms with van der Waals surface area (Å²) in [5, 5.41) is 12.2. The molecule has 0 radical (unpaired) electrons. The number of aryl methyl sites for hydroxylation is 1. The Hall–Kier alpha value is -3.38. The number of rotatable bonds is 9. The van der Waals surface area contributed by atoms with E-state index >= 15 is 0 Å². The van der Waals surface area contributed by atoms with E-state index in [4.69, 9.17) is 0 Å². The lowest BCUT2D eigenvalue weighted by Crippen LogP contribution is -2.38.